The lowest BCUT2D eigenvalue weighted by atomic mass is 9.99. The summed E-state index contributed by atoms with van der Waals surface area (Å²) in [6.07, 6.45) is 5.73. The number of aromatic nitrogens is 2. The second kappa shape index (κ2) is 10.2. The van der Waals surface area contributed by atoms with Crippen LogP contribution in [0.15, 0.2) is 85.2 Å². The van der Waals surface area contributed by atoms with Gasteiger partial charge in [0.1, 0.15) is 11.6 Å². The zero-order valence-electron chi connectivity index (χ0n) is 20.7. The van der Waals surface area contributed by atoms with Crippen molar-refractivity contribution in [3.8, 4) is 28.3 Å². The Bertz CT molecular complexity index is 1390. The minimum Gasteiger partial charge on any atom is -0.462 e. The van der Waals surface area contributed by atoms with Crippen LogP contribution in [-0.2, 0) is 22.7 Å². The number of carbonyl (C=O) groups is 1. The lowest BCUT2D eigenvalue weighted by Gasteiger charge is -2.41. The molecule has 37 heavy (non-hydrogen) atoms. The Hall–Kier alpha value is -3.94. The highest BCUT2D eigenvalue weighted by atomic mass is 16.7. The summed E-state index contributed by atoms with van der Waals surface area (Å²) in [7, 11) is 0. The van der Waals surface area contributed by atoms with Gasteiger partial charge in [0.2, 0.25) is 11.7 Å². The van der Waals surface area contributed by atoms with E-state index in [1.165, 1.54) is 0 Å². The number of anilines is 1. The molecule has 1 amide bonds. The summed E-state index contributed by atoms with van der Waals surface area (Å²) in [5, 5.41) is 6.41. The molecular formula is C30H30N4O3. The Morgan fingerprint density at radius 1 is 0.973 bits per heavy atom. The first-order valence-corrected chi connectivity index (χ1v) is 12.8. The summed E-state index contributed by atoms with van der Waals surface area (Å²) >= 11 is 0. The second-order valence-corrected chi connectivity index (χ2v) is 9.56. The molecule has 188 valence electrons. The molecule has 0 saturated carbocycles. The molecule has 1 saturated heterocycles. The fourth-order valence-electron chi connectivity index (χ4n) is 5.02. The first-order valence-electron chi connectivity index (χ1n) is 12.8. The quantitative estimate of drug-likeness (QED) is 0.384. The van der Waals surface area contributed by atoms with Gasteiger partial charge in [-0.3, -0.25) is 4.79 Å². The van der Waals surface area contributed by atoms with Crippen molar-refractivity contribution in [2.75, 3.05) is 18.4 Å². The van der Waals surface area contributed by atoms with E-state index >= 15 is 0 Å². The van der Waals surface area contributed by atoms with Crippen LogP contribution < -0.4 is 15.4 Å². The number of amides is 1. The van der Waals surface area contributed by atoms with Gasteiger partial charge < -0.3 is 24.7 Å². The van der Waals surface area contributed by atoms with Crippen LogP contribution >= 0.6 is 0 Å². The van der Waals surface area contributed by atoms with Gasteiger partial charge in [0, 0.05) is 68.1 Å². The molecule has 0 radical (unpaired) electrons. The van der Waals surface area contributed by atoms with Crippen molar-refractivity contribution in [3.05, 3.63) is 90.8 Å². The average Bonchev–Trinajstić information content (AvgIpc) is 3.42. The summed E-state index contributed by atoms with van der Waals surface area (Å²) in [6, 6.07) is 24.2. The third-order valence-corrected chi connectivity index (χ3v) is 7.02. The van der Waals surface area contributed by atoms with Crippen molar-refractivity contribution in [3.63, 3.8) is 0 Å². The highest BCUT2D eigenvalue weighted by Crippen LogP contribution is 2.38. The van der Waals surface area contributed by atoms with Gasteiger partial charge in [-0.2, -0.15) is 0 Å². The molecule has 0 atom stereocenters. The molecule has 0 bridgehead atoms. The van der Waals surface area contributed by atoms with Crippen LogP contribution in [0.3, 0.4) is 0 Å². The Morgan fingerprint density at radius 3 is 2.65 bits per heavy atom. The number of imidazole rings is 1. The van der Waals surface area contributed by atoms with Crippen LogP contribution in [0.5, 0.6) is 5.75 Å². The number of nitrogens with one attached hydrogen (secondary N) is 2. The second-order valence-electron chi connectivity index (χ2n) is 9.56. The first kappa shape index (κ1) is 23.5. The number of benzene rings is 3. The van der Waals surface area contributed by atoms with E-state index in [4.69, 9.17) is 9.47 Å². The third kappa shape index (κ3) is 5.14. The molecular weight excluding hydrogens is 464 g/mol. The Kier molecular flexibility index (Phi) is 6.47. The number of fused-ring (bicyclic) bond motifs is 1. The van der Waals surface area contributed by atoms with Crippen molar-refractivity contribution in [1.29, 1.82) is 0 Å². The maximum absolute atomic E-state index is 12.8. The van der Waals surface area contributed by atoms with Gasteiger partial charge in [-0.15, -0.1) is 0 Å². The van der Waals surface area contributed by atoms with E-state index < -0.39 is 5.79 Å². The van der Waals surface area contributed by atoms with Crippen LogP contribution in [0, 0.1) is 0 Å². The van der Waals surface area contributed by atoms with Crippen LogP contribution in [0.4, 0.5) is 5.69 Å². The van der Waals surface area contributed by atoms with E-state index in [0.29, 0.717) is 19.6 Å². The molecule has 0 unspecified atom stereocenters. The molecule has 2 N–H and O–H groups in total. The van der Waals surface area contributed by atoms with Gasteiger partial charge in [-0.1, -0.05) is 48.5 Å². The molecule has 0 aliphatic carbocycles. The van der Waals surface area contributed by atoms with Crippen LogP contribution in [-0.4, -0.2) is 34.3 Å². The van der Waals surface area contributed by atoms with E-state index in [1.807, 2.05) is 71.4 Å². The van der Waals surface area contributed by atoms with Gasteiger partial charge in [0.25, 0.3) is 0 Å². The number of rotatable bonds is 6. The number of carbonyl (C=O) groups excluding carboxylic acids is 1. The van der Waals surface area contributed by atoms with Crippen molar-refractivity contribution in [1.82, 2.24) is 14.9 Å². The number of hydrogen-bond acceptors (Lipinski definition) is 5. The molecule has 7 nitrogen and oxygen atoms in total. The molecule has 1 spiro atoms. The predicted molar refractivity (Wildman–Crippen MR) is 143 cm³/mol. The monoisotopic (exact) mass is 494 g/mol. The first-order chi connectivity index (χ1) is 18.2. The fourth-order valence-corrected chi connectivity index (χ4v) is 5.02. The fraction of sp³-hybridized carbons (Fsp3) is 0.267. The van der Waals surface area contributed by atoms with Crippen molar-refractivity contribution in [2.24, 2.45) is 0 Å². The predicted octanol–water partition coefficient (Wildman–Crippen LogP) is 5.23. The minimum absolute atomic E-state index is 0.0376. The lowest BCUT2D eigenvalue weighted by Crippen LogP contribution is -2.49. The maximum atomic E-state index is 12.8. The lowest BCUT2D eigenvalue weighted by molar-refractivity contribution is -0.218. The molecule has 2 aliphatic heterocycles. The molecule has 1 aromatic heterocycles. The maximum Gasteiger partial charge on any atom is 0.226 e. The van der Waals surface area contributed by atoms with E-state index in [-0.39, 0.29) is 5.91 Å². The molecule has 6 rings (SSSR count). The molecule has 3 heterocycles. The van der Waals surface area contributed by atoms with E-state index in [2.05, 4.69) is 27.8 Å². The van der Waals surface area contributed by atoms with E-state index in [9.17, 15) is 4.79 Å². The smallest absolute Gasteiger partial charge is 0.226 e. The van der Waals surface area contributed by atoms with Gasteiger partial charge in [-0.05, 0) is 35.4 Å². The minimum atomic E-state index is -0.497. The summed E-state index contributed by atoms with van der Waals surface area (Å²) in [5.41, 5.74) is 4.95. The van der Waals surface area contributed by atoms with Gasteiger partial charge in [0.15, 0.2) is 0 Å². The largest absolute Gasteiger partial charge is 0.462 e. The number of nitrogens with zero attached hydrogens (tertiary/aromatic N) is 2. The standard InChI is InChI=1S/C30H30N4O3/c35-28(11-17-34-18-16-32-29(34)22-5-2-1-3-6-22)33-26-8-4-7-23(20-26)24-9-10-27-25(19-24)21-36-30(37-27)12-14-31-15-13-30/h1-10,16,18-20,31H,11-15,17,21H2,(H,33,35). The zero-order valence-corrected chi connectivity index (χ0v) is 20.7. The highest BCUT2D eigenvalue weighted by molar-refractivity contribution is 5.91. The number of hydrogen-bond donors (Lipinski definition) is 2. The Labute approximate surface area is 216 Å². The van der Waals surface area contributed by atoms with E-state index in [1.54, 1.807) is 6.20 Å². The normalized spacial score (nSPS) is 16.1. The third-order valence-electron chi connectivity index (χ3n) is 7.02. The van der Waals surface area contributed by atoms with Gasteiger partial charge >= 0.3 is 0 Å². The summed E-state index contributed by atoms with van der Waals surface area (Å²) in [4.78, 5) is 17.2. The van der Waals surface area contributed by atoms with Crippen molar-refractivity contribution < 1.29 is 14.3 Å². The van der Waals surface area contributed by atoms with Crippen LogP contribution in [0.1, 0.15) is 24.8 Å². The number of ether oxygens (including phenoxy) is 2. The number of aryl methyl sites for hydroxylation is 1. The van der Waals surface area contributed by atoms with E-state index in [0.717, 1.165) is 65.4 Å². The molecule has 2 aliphatic rings. The highest BCUT2D eigenvalue weighted by Gasteiger charge is 2.38. The topological polar surface area (TPSA) is 77.4 Å². The Balaban J connectivity index is 1.11. The SMILES string of the molecule is O=C(CCn1ccnc1-c1ccccc1)Nc1cccc(-c2ccc3c(c2)COC2(CCNCC2)O3)c1. The average molecular weight is 495 g/mol. The number of piperidine rings is 1. The van der Waals surface area contributed by atoms with Crippen LogP contribution in [0.2, 0.25) is 0 Å². The molecule has 4 aromatic rings. The molecule has 3 aromatic carbocycles. The summed E-state index contributed by atoms with van der Waals surface area (Å²) in [6.45, 7) is 2.90. The summed E-state index contributed by atoms with van der Waals surface area (Å²) in [5.74, 6) is 1.23. The molecule has 7 heteroatoms. The van der Waals surface area contributed by atoms with Gasteiger partial charge in [-0.25, -0.2) is 4.98 Å². The zero-order chi connectivity index (χ0) is 25.1. The molecule has 1 fully saturated rings. The summed E-state index contributed by atoms with van der Waals surface area (Å²) < 4.78 is 14.5. The van der Waals surface area contributed by atoms with Crippen molar-refractivity contribution in [2.45, 2.75) is 38.2 Å². The van der Waals surface area contributed by atoms with Gasteiger partial charge in [0.05, 0.1) is 6.61 Å². The Morgan fingerprint density at radius 2 is 1.78 bits per heavy atom. The van der Waals surface area contributed by atoms with Crippen molar-refractivity contribution >= 4 is 11.6 Å². The van der Waals surface area contributed by atoms with Crippen LogP contribution in [0.25, 0.3) is 22.5 Å².